The average molecular weight is 549 g/mol. The molecule has 3 unspecified atom stereocenters. The molecule has 0 aromatic carbocycles. The number of rotatable bonds is 6. The standard InChI is InChI=1S/C22H40N6O2.HI/c1-8-24-20(25-13-17(2)14-26(7)21(29)30-22(4,5)6)27-11-9-18(3)19(15-27)28-12-10-23-16-28;/h10,12,16-19H,8-9,11,13-15H2,1-7H3,(H,24,25);1H. The van der Waals surface area contributed by atoms with Gasteiger partial charge in [0, 0.05) is 52.2 Å². The maximum Gasteiger partial charge on any atom is 0.410 e. The Bertz CT molecular complexity index is 689. The van der Waals surface area contributed by atoms with E-state index in [1.54, 1.807) is 11.9 Å². The van der Waals surface area contributed by atoms with Crippen molar-refractivity contribution in [1.82, 2.24) is 24.7 Å². The summed E-state index contributed by atoms with van der Waals surface area (Å²) in [6.07, 6.45) is 6.61. The molecule has 0 saturated carbocycles. The molecule has 0 radical (unpaired) electrons. The Hall–Kier alpha value is -1.52. The van der Waals surface area contributed by atoms with Crippen molar-refractivity contribution in [2.75, 3.05) is 39.8 Å². The van der Waals surface area contributed by atoms with Crippen LogP contribution in [0.2, 0.25) is 0 Å². The number of amides is 1. The molecule has 1 saturated heterocycles. The molecule has 31 heavy (non-hydrogen) atoms. The lowest BCUT2D eigenvalue weighted by atomic mass is 9.93. The molecular weight excluding hydrogens is 507 g/mol. The molecule has 0 spiro atoms. The van der Waals surface area contributed by atoms with Crippen LogP contribution in [0.5, 0.6) is 0 Å². The van der Waals surface area contributed by atoms with Gasteiger partial charge in [-0.15, -0.1) is 24.0 Å². The summed E-state index contributed by atoms with van der Waals surface area (Å²) in [5, 5.41) is 3.44. The highest BCUT2D eigenvalue weighted by Gasteiger charge is 2.29. The predicted octanol–water partition coefficient (Wildman–Crippen LogP) is 3.85. The number of halogens is 1. The summed E-state index contributed by atoms with van der Waals surface area (Å²) in [4.78, 5) is 25.3. The molecule has 1 fully saturated rings. The molecule has 1 N–H and O–H groups in total. The van der Waals surface area contributed by atoms with Crippen molar-refractivity contribution >= 4 is 36.0 Å². The van der Waals surface area contributed by atoms with Crippen LogP contribution in [0.3, 0.4) is 0 Å². The lowest BCUT2D eigenvalue weighted by Crippen LogP contribution is -2.49. The number of carbonyl (C=O) groups excluding carboxylic acids is 1. The summed E-state index contributed by atoms with van der Waals surface area (Å²) >= 11 is 0. The quantitative estimate of drug-likeness (QED) is 0.332. The fourth-order valence-electron chi connectivity index (χ4n) is 3.70. The molecule has 1 aliphatic rings. The molecule has 0 bridgehead atoms. The first-order chi connectivity index (χ1) is 14.1. The lowest BCUT2D eigenvalue weighted by molar-refractivity contribution is 0.0279. The molecule has 1 amide bonds. The Morgan fingerprint density at radius 2 is 2.13 bits per heavy atom. The van der Waals surface area contributed by atoms with Crippen molar-refractivity contribution in [1.29, 1.82) is 0 Å². The molecule has 0 aliphatic carbocycles. The number of hydrogen-bond acceptors (Lipinski definition) is 4. The van der Waals surface area contributed by atoms with E-state index in [0.717, 1.165) is 32.0 Å². The number of hydrogen-bond donors (Lipinski definition) is 1. The Kier molecular flexibility index (Phi) is 11.1. The van der Waals surface area contributed by atoms with Gasteiger partial charge in [0.05, 0.1) is 12.4 Å². The minimum absolute atomic E-state index is 0. The highest BCUT2D eigenvalue weighted by Crippen LogP contribution is 2.27. The van der Waals surface area contributed by atoms with Crippen molar-refractivity contribution in [2.24, 2.45) is 16.8 Å². The molecule has 1 aromatic rings. The van der Waals surface area contributed by atoms with E-state index in [9.17, 15) is 4.79 Å². The van der Waals surface area contributed by atoms with E-state index in [2.05, 4.69) is 40.5 Å². The van der Waals surface area contributed by atoms with Gasteiger partial charge >= 0.3 is 6.09 Å². The summed E-state index contributed by atoms with van der Waals surface area (Å²) in [6, 6.07) is 0.390. The average Bonchev–Trinajstić information content (AvgIpc) is 3.18. The summed E-state index contributed by atoms with van der Waals surface area (Å²) < 4.78 is 7.65. The monoisotopic (exact) mass is 548 g/mol. The number of carbonyl (C=O) groups is 1. The first-order valence-electron chi connectivity index (χ1n) is 11.1. The number of aliphatic imine (C=N–C) groups is 1. The number of likely N-dealkylation sites (tertiary alicyclic amines) is 1. The SMILES string of the molecule is CCNC(=NCC(C)CN(C)C(=O)OC(C)(C)C)N1CCC(C)C(n2ccnc2)C1.I. The van der Waals surface area contributed by atoms with Crippen LogP contribution in [0.1, 0.15) is 54.0 Å². The first-order valence-corrected chi connectivity index (χ1v) is 11.1. The van der Waals surface area contributed by atoms with Gasteiger partial charge in [0.25, 0.3) is 0 Å². The van der Waals surface area contributed by atoms with Gasteiger partial charge in [-0.3, -0.25) is 4.99 Å². The lowest BCUT2D eigenvalue weighted by Gasteiger charge is -2.39. The molecule has 8 nitrogen and oxygen atoms in total. The summed E-state index contributed by atoms with van der Waals surface area (Å²) in [6.45, 7) is 16.1. The van der Waals surface area contributed by atoms with E-state index in [1.807, 2.05) is 39.5 Å². The number of ether oxygens (including phenoxy) is 1. The molecule has 3 atom stereocenters. The Morgan fingerprint density at radius 3 is 2.71 bits per heavy atom. The van der Waals surface area contributed by atoms with Crippen LogP contribution in [0.4, 0.5) is 4.79 Å². The van der Waals surface area contributed by atoms with E-state index < -0.39 is 5.60 Å². The molecule has 178 valence electrons. The number of nitrogens with zero attached hydrogens (tertiary/aromatic N) is 5. The van der Waals surface area contributed by atoms with Crippen LogP contribution in [-0.2, 0) is 4.74 Å². The highest BCUT2D eigenvalue weighted by molar-refractivity contribution is 14.0. The van der Waals surface area contributed by atoms with E-state index >= 15 is 0 Å². The Labute approximate surface area is 204 Å². The van der Waals surface area contributed by atoms with Gasteiger partial charge in [0.15, 0.2) is 5.96 Å². The number of piperidine rings is 1. The topological polar surface area (TPSA) is 75.0 Å². The van der Waals surface area contributed by atoms with Crippen molar-refractivity contribution in [3.63, 3.8) is 0 Å². The summed E-state index contributed by atoms with van der Waals surface area (Å²) in [7, 11) is 1.78. The first kappa shape index (κ1) is 27.5. The fraction of sp³-hybridized carbons (Fsp3) is 0.773. The van der Waals surface area contributed by atoms with Gasteiger partial charge in [-0.05, 0) is 46.0 Å². The van der Waals surface area contributed by atoms with E-state index in [4.69, 9.17) is 9.73 Å². The van der Waals surface area contributed by atoms with Crippen molar-refractivity contribution in [3.8, 4) is 0 Å². The van der Waals surface area contributed by atoms with Gasteiger partial charge in [0.1, 0.15) is 5.60 Å². The number of imidazole rings is 1. The van der Waals surface area contributed by atoms with E-state index in [0.29, 0.717) is 25.0 Å². The van der Waals surface area contributed by atoms with Gasteiger partial charge < -0.3 is 24.4 Å². The zero-order chi connectivity index (χ0) is 22.3. The van der Waals surface area contributed by atoms with Crippen LogP contribution >= 0.6 is 24.0 Å². The van der Waals surface area contributed by atoms with Crippen molar-refractivity contribution in [3.05, 3.63) is 18.7 Å². The molecule has 1 aromatic heterocycles. The van der Waals surface area contributed by atoms with Crippen LogP contribution in [0, 0.1) is 11.8 Å². The Morgan fingerprint density at radius 1 is 1.42 bits per heavy atom. The molecule has 2 heterocycles. The molecular formula is C22H41IN6O2. The minimum Gasteiger partial charge on any atom is -0.444 e. The third-order valence-electron chi connectivity index (χ3n) is 5.30. The third kappa shape index (κ3) is 8.86. The fourth-order valence-corrected chi connectivity index (χ4v) is 3.70. The second-order valence-electron chi connectivity index (χ2n) is 9.45. The highest BCUT2D eigenvalue weighted by atomic mass is 127. The maximum absolute atomic E-state index is 12.2. The predicted molar refractivity (Wildman–Crippen MR) is 136 cm³/mol. The van der Waals surface area contributed by atoms with Crippen LogP contribution in [-0.4, -0.2) is 76.8 Å². The van der Waals surface area contributed by atoms with E-state index in [1.165, 1.54) is 0 Å². The van der Waals surface area contributed by atoms with E-state index in [-0.39, 0.29) is 36.0 Å². The van der Waals surface area contributed by atoms with Crippen LogP contribution < -0.4 is 5.32 Å². The second-order valence-corrected chi connectivity index (χ2v) is 9.45. The minimum atomic E-state index is -0.484. The summed E-state index contributed by atoms with van der Waals surface area (Å²) in [5.74, 6) is 1.77. The molecule has 1 aliphatic heterocycles. The summed E-state index contributed by atoms with van der Waals surface area (Å²) in [5.41, 5.74) is -0.484. The van der Waals surface area contributed by atoms with Gasteiger partial charge in [-0.2, -0.15) is 0 Å². The van der Waals surface area contributed by atoms with Gasteiger partial charge in [-0.25, -0.2) is 9.78 Å². The number of aromatic nitrogens is 2. The van der Waals surface area contributed by atoms with Crippen molar-refractivity contribution in [2.45, 2.75) is 59.6 Å². The van der Waals surface area contributed by atoms with Crippen LogP contribution in [0.25, 0.3) is 0 Å². The van der Waals surface area contributed by atoms with Crippen molar-refractivity contribution < 1.29 is 9.53 Å². The zero-order valence-corrected chi connectivity index (χ0v) is 22.5. The second kappa shape index (κ2) is 12.5. The maximum atomic E-state index is 12.2. The molecule has 2 rings (SSSR count). The van der Waals surface area contributed by atoms with Gasteiger partial charge in [0.2, 0.25) is 0 Å². The molecule has 9 heteroatoms. The Balaban J connectivity index is 0.00000480. The van der Waals surface area contributed by atoms with Crippen LogP contribution in [0.15, 0.2) is 23.7 Å². The number of nitrogens with one attached hydrogen (secondary N) is 1. The smallest absolute Gasteiger partial charge is 0.410 e. The zero-order valence-electron chi connectivity index (χ0n) is 20.2. The normalized spacial score (nSPS) is 20.6. The van der Waals surface area contributed by atoms with Gasteiger partial charge in [-0.1, -0.05) is 13.8 Å². The third-order valence-corrected chi connectivity index (χ3v) is 5.30. The largest absolute Gasteiger partial charge is 0.444 e. The number of guanidine groups is 1.